The Labute approximate surface area is 110 Å². The summed E-state index contributed by atoms with van der Waals surface area (Å²) in [5.41, 5.74) is 1.43. The van der Waals surface area contributed by atoms with Gasteiger partial charge in [0.1, 0.15) is 11.6 Å². The van der Waals surface area contributed by atoms with Crippen molar-refractivity contribution in [1.82, 2.24) is 14.9 Å². The summed E-state index contributed by atoms with van der Waals surface area (Å²) in [5, 5.41) is 3.49. The van der Waals surface area contributed by atoms with Crippen molar-refractivity contribution in [2.45, 2.75) is 45.1 Å². The van der Waals surface area contributed by atoms with Gasteiger partial charge in [-0.05, 0) is 46.7 Å². The fourth-order valence-electron chi connectivity index (χ4n) is 2.52. The molecule has 4 nitrogen and oxygen atoms in total. The molecule has 0 radical (unpaired) electrons. The Hall–Kier alpha value is -1.16. The van der Waals surface area contributed by atoms with Crippen LogP contribution in [0.1, 0.15) is 37.7 Å². The summed E-state index contributed by atoms with van der Waals surface area (Å²) in [4.78, 5) is 11.2. The topological polar surface area (TPSA) is 41.0 Å². The van der Waals surface area contributed by atoms with Gasteiger partial charge in [0, 0.05) is 23.8 Å². The van der Waals surface area contributed by atoms with Gasteiger partial charge in [-0.25, -0.2) is 9.97 Å². The van der Waals surface area contributed by atoms with Gasteiger partial charge in [-0.2, -0.15) is 0 Å². The Morgan fingerprint density at radius 2 is 2.06 bits per heavy atom. The maximum Gasteiger partial charge on any atom is 0.129 e. The number of hydrogen-bond donors (Lipinski definition) is 1. The molecule has 1 aromatic rings. The van der Waals surface area contributed by atoms with Crippen molar-refractivity contribution >= 4 is 5.82 Å². The first kappa shape index (κ1) is 13.3. The van der Waals surface area contributed by atoms with Crippen LogP contribution in [-0.4, -0.2) is 41.0 Å². The Kier molecular flexibility index (Phi) is 3.85. The normalized spacial score (nSPS) is 17.6. The number of nitrogens with zero attached hydrogens (tertiary/aromatic N) is 3. The lowest BCUT2D eigenvalue weighted by atomic mass is 9.75. The smallest absolute Gasteiger partial charge is 0.129 e. The van der Waals surface area contributed by atoms with Crippen molar-refractivity contribution < 1.29 is 0 Å². The predicted molar refractivity (Wildman–Crippen MR) is 74.9 cm³/mol. The third-order valence-electron chi connectivity index (χ3n) is 4.08. The van der Waals surface area contributed by atoms with Crippen molar-refractivity contribution in [3.05, 3.63) is 17.6 Å². The van der Waals surface area contributed by atoms with Crippen LogP contribution in [0.25, 0.3) is 0 Å². The van der Waals surface area contributed by atoms with Crippen LogP contribution in [0.15, 0.2) is 6.07 Å². The number of likely N-dealkylation sites (N-methyl/N-ethyl adjacent to an activating group) is 1. The molecule has 1 aliphatic carbocycles. The van der Waals surface area contributed by atoms with Gasteiger partial charge in [-0.15, -0.1) is 0 Å². The Morgan fingerprint density at radius 3 is 2.56 bits per heavy atom. The van der Waals surface area contributed by atoms with Crippen LogP contribution in [0, 0.1) is 6.92 Å². The third kappa shape index (κ3) is 2.64. The van der Waals surface area contributed by atoms with E-state index in [2.05, 4.69) is 47.3 Å². The molecule has 0 aromatic carbocycles. The van der Waals surface area contributed by atoms with Crippen molar-refractivity contribution in [1.29, 1.82) is 0 Å². The molecule has 1 aliphatic rings. The molecule has 1 heterocycles. The molecule has 100 valence electrons. The molecule has 1 aromatic heterocycles. The molecule has 1 N–H and O–H groups in total. The molecule has 0 aliphatic heterocycles. The molecule has 0 amide bonds. The first-order valence-corrected chi connectivity index (χ1v) is 6.81. The molecule has 0 spiro atoms. The average Bonchev–Trinajstić information content (AvgIpc) is 2.26. The lowest BCUT2D eigenvalue weighted by molar-refractivity contribution is 0.0738. The fraction of sp³-hybridized carbons (Fsp3) is 0.714. The van der Waals surface area contributed by atoms with Gasteiger partial charge in [0.15, 0.2) is 0 Å². The summed E-state index contributed by atoms with van der Waals surface area (Å²) in [6, 6.07) is 2.06. The van der Waals surface area contributed by atoms with Crippen LogP contribution in [0.5, 0.6) is 0 Å². The largest absolute Gasteiger partial charge is 0.368 e. The number of nitrogens with one attached hydrogen (secondary N) is 1. The highest BCUT2D eigenvalue weighted by Crippen LogP contribution is 2.36. The number of aryl methyl sites for hydroxylation is 2. The quantitative estimate of drug-likeness (QED) is 0.867. The number of rotatable bonds is 5. The second-order valence-corrected chi connectivity index (χ2v) is 5.47. The van der Waals surface area contributed by atoms with Gasteiger partial charge in [0.05, 0.1) is 0 Å². The van der Waals surface area contributed by atoms with Gasteiger partial charge >= 0.3 is 0 Å². The van der Waals surface area contributed by atoms with Crippen molar-refractivity contribution in [3.63, 3.8) is 0 Å². The maximum atomic E-state index is 4.46. The zero-order chi connectivity index (χ0) is 13.2. The number of anilines is 1. The first-order valence-electron chi connectivity index (χ1n) is 6.81. The highest BCUT2D eigenvalue weighted by Gasteiger charge is 2.38. The summed E-state index contributed by atoms with van der Waals surface area (Å²) in [7, 11) is 4.34. The van der Waals surface area contributed by atoms with Crippen LogP contribution in [-0.2, 0) is 6.42 Å². The minimum atomic E-state index is 0.325. The van der Waals surface area contributed by atoms with Gasteiger partial charge in [0.25, 0.3) is 0 Å². The lowest BCUT2D eigenvalue weighted by Crippen LogP contribution is -2.54. The predicted octanol–water partition coefficient (Wildman–Crippen LogP) is 2.24. The summed E-state index contributed by atoms with van der Waals surface area (Å²) in [6.45, 7) is 5.05. The number of aromatic nitrogens is 2. The molecule has 4 heteroatoms. The molecule has 0 bridgehead atoms. The van der Waals surface area contributed by atoms with Crippen molar-refractivity contribution in [3.8, 4) is 0 Å². The Morgan fingerprint density at radius 1 is 1.33 bits per heavy atom. The van der Waals surface area contributed by atoms with E-state index in [0.717, 1.165) is 30.3 Å². The van der Waals surface area contributed by atoms with E-state index < -0.39 is 0 Å². The van der Waals surface area contributed by atoms with E-state index in [1.54, 1.807) is 0 Å². The van der Waals surface area contributed by atoms with E-state index in [9.17, 15) is 0 Å². The summed E-state index contributed by atoms with van der Waals surface area (Å²) in [6.07, 6.45) is 4.84. The average molecular weight is 248 g/mol. The standard InChI is InChI=1S/C14H24N4/c1-5-12-9-13(17-11(2)16-12)15-10-14(18(3)4)7-6-8-14/h9H,5-8,10H2,1-4H3,(H,15,16,17). The molecule has 1 fully saturated rings. The Balaban J connectivity index is 2.03. The van der Waals surface area contributed by atoms with Crippen molar-refractivity contribution in [2.75, 3.05) is 26.0 Å². The molecule has 1 saturated carbocycles. The minimum Gasteiger partial charge on any atom is -0.368 e. The maximum absolute atomic E-state index is 4.46. The van der Waals surface area contributed by atoms with E-state index in [1.807, 2.05) is 6.92 Å². The summed E-state index contributed by atoms with van der Waals surface area (Å²) < 4.78 is 0. The first-order chi connectivity index (χ1) is 8.55. The van der Waals surface area contributed by atoms with E-state index in [4.69, 9.17) is 0 Å². The number of hydrogen-bond acceptors (Lipinski definition) is 4. The van der Waals surface area contributed by atoms with Crippen molar-refractivity contribution in [2.24, 2.45) is 0 Å². The molecule has 0 atom stereocenters. The zero-order valence-electron chi connectivity index (χ0n) is 12.0. The van der Waals surface area contributed by atoms with Crippen LogP contribution in [0.3, 0.4) is 0 Å². The monoisotopic (exact) mass is 248 g/mol. The van der Waals surface area contributed by atoms with Gasteiger partial charge in [-0.1, -0.05) is 6.92 Å². The summed E-state index contributed by atoms with van der Waals surface area (Å²) in [5.74, 6) is 1.82. The second-order valence-electron chi connectivity index (χ2n) is 5.47. The van der Waals surface area contributed by atoms with Crippen LogP contribution >= 0.6 is 0 Å². The molecule has 0 unspecified atom stereocenters. The highest BCUT2D eigenvalue weighted by molar-refractivity contribution is 5.37. The van der Waals surface area contributed by atoms with Crippen LogP contribution in [0.2, 0.25) is 0 Å². The molecule has 18 heavy (non-hydrogen) atoms. The van der Waals surface area contributed by atoms with E-state index in [1.165, 1.54) is 19.3 Å². The van der Waals surface area contributed by atoms with Gasteiger partial charge in [-0.3, -0.25) is 0 Å². The minimum absolute atomic E-state index is 0.325. The molecular formula is C14H24N4. The molecule has 0 saturated heterocycles. The van der Waals surface area contributed by atoms with Crippen LogP contribution in [0.4, 0.5) is 5.82 Å². The van der Waals surface area contributed by atoms with E-state index in [-0.39, 0.29) is 0 Å². The van der Waals surface area contributed by atoms with E-state index >= 15 is 0 Å². The highest BCUT2D eigenvalue weighted by atomic mass is 15.2. The van der Waals surface area contributed by atoms with E-state index in [0.29, 0.717) is 5.54 Å². The molecular weight excluding hydrogens is 224 g/mol. The molecule has 2 rings (SSSR count). The van der Waals surface area contributed by atoms with Gasteiger partial charge < -0.3 is 10.2 Å². The van der Waals surface area contributed by atoms with Gasteiger partial charge in [0.2, 0.25) is 0 Å². The second kappa shape index (κ2) is 5.22. The Bertz CT molecular complexity index is 410. The summed E-state index contributed by atoms with van der Waals surface area (Å²) >= 11 is 0. The van der Waals surface area contributed by atoms with Crippen LogP contribution < -0.4 is 5.32 Å². The lowest BCUT2D eigenvalue weighted by Gasteiger charge is -2.47. The zero-order valence-corrected chi connectivity index (χ0v) is 12.0. The SMILES string of the molecule is CCc1cc(NCC2(N(C)C)CCC2)nc(C)n1. The third-order valence-corrected chi connectivity index (χ3v) is 4.08. The fourth-order valence-corrected chi connectivity index (χ4v) is 2.52.